The smallest absolute Gasteiger partial charge is 0.693 e. The number of nitrogens with two attached hydrogens (primary N) is 2. The summed E-state index contributed by atoms with van der Waals surface area (Å²) in [6.45, 7) is 0. The van der Waals surface area contributed by atoms with Crippen LogP contribution in [-0.2, 0) is 0 Å². The molecule has 7 heavy (non-hydrogen) atoms. The molecule has 0 aromatic heterocycles. The number of hydrogen-bond donors (Lipinski definition) is 0. The summed E-state index contributed by atoms with van der Waals surface area (Å²) in [5.41, 5.74) is 0. The Bertz CT molecular complexity index is 10.9. The van der Waals surface area contributed by atoms with E-state index in [0.29, 0.717) is 0 Å². The van der Waals surface area contributed by atoms with Crippen LogP contribution in [0.4, 0.5) is 0 Å². The molecule has 0 saturated heterocycles. The van der Waals surface area contributed by atoms with Gasteiger partial charge in [0, 0.05) is 0 Å². The van der Waals surface area contributed by atoms with Crippen molar-refractivity contribution < 1.29 is 103 Å². The fourth-order valence-electron chi connectivity index (χ4n) is 0. The average molecular weight is 156 g/mol. The Hall–Kier alpha value is 3.19. The zero-order valence-electron chi connectivity index (χ0n) is 5.15. The molecule has 0 amide bonds. The van der Waals surface area contributed by atoms with Crippen LogP contribution in [0.5, 0.6) is 0 Å². The molecule has 4 N–H and O–H groups in total. The van der Waals surface area contributed by atoms with Gasteiger partial charge in [-0.3, -0.25) is 0 Å². The van der Waals surface area contributed by atoms with Gasteiger partial charge in [0.15, 0.2) is 0 Å². The molecule has 2 nitrogen and oxygen atoms in total. The molecule has 0 rings (SSSR count). The van der Waals surface area contributed by atoms with Crippen LogP contribution >= 0.6 is 0 Å². The third kappa shape index (κ3) is 46.7. The van der Waals surface area contributed by atoms with Gasteiger partial charge in [-0.05, 0) is 0 Å². The van der Waals surface area contributed by atoms with E-state index in [4.69, 9.17) is 0 Å². The second-order valence-electron chi connectivity index (χ2n) is 0. The summed E-state index contributed by atoms with van der Waals surface area (Å²) in [7, 11) is 0. The van der Waals surface area contributed by atoms with E-state index in [1.165, 1.54) is 0 Å². The molecule has 0 aromatic rings. The van der Waals surface area contributed by atoms with Crippen molar-refractivity contribution in [3.8, 4) is 0 Å². The largest absolute Gasteiger partial charge is 1.00 e. The number of hydrogen-bond acceptors (Lipinski definition) is 0. The molecule has 0 spiro atoms. The van der Waals surface area contributed by atoms with Crippen LogP contribution in [0, 0.1) is 14.9 Å². The minimum absolute atomic E-state index is 0. The van der Waals surface area contributed by atoms with Crippen LogP contribution in [0.15, 0.2) is 0 Å². The van der Waals surface area contributed by atoms with Gasteiger partial charge in [0.1, 0.15) is 0 Å². The summed E-state index contributed by atoms with van der Waals surface area (Å²) in [5.74, 6) is 0. The maximum absolute atomic E-state index is 0. The molecule has 0 unspecified atom stereocenters. The van der Waals surface area contributed by atoms with Gasteiger partial charge in [0.25, 0.3) is 0 Å². The number of rotatable bonds is 0. The van der Waals surface area contributed by atoms with E-state index in [1.807, 2.05) is 0 Å². The fraction of sp³-hybridized carbons (Fsp3) is 0.333. The molecule has 40 valence electrons. The molecular weight excluding hydrogens is 142 g/mol. The first-order valence-electron chi connectivity index (χ1n) is 0. The van der Waals surface area contributed by atoms with Crippen molar-refractivity contribution in [1.29, 1.82) is 0 Å². The van der Waals surface area contributed by atoms with Crippen LogP contribution in [0.25, 0.3) is 12.3 Å². The summed E-state index contributed by atoms with van der Waals surface area (Å²) in [6, 6.07) is 0. The van der Waals surface area contributed by atoms with E-state index in [0.717, 1.165) is 0 Å². The molecule has 0 fully saturated rings. The predicted molar refractivity (Wildman–Crippen MR) is 30.1 cm³/mol. The Kier molecular flexibility index (Phi) is 731. The van der Waals surface area contributed by atoms with Crippen molar-refractivity contribution >= 4 is 0 Å². The predicted octanol–water partition coefficient (Wildman–Crippen LogP) is -3.02. The zero-order valence-corrected chi connectivity index (χ0v) is 11.4. The van der Waals surface area contributed by atoms with E-state index in [9.17, 15) is 0 Å². The summed E-state index contributed by atoms with van der Waals surface area (Å²) < 4.78 is 0. The second-order valence-corrected chi connectivity index (χ2v) is 0. The van der Waals surface area contributed by atoms with Gasteiger partial charge in [-0.1, -0.05) is 7.43 Å². The quantitative estimate of drug-likeness (QED) is 0.265. The first-order chi connectivity index (χ1) is 0. The molecule has 0 aliphatic rings. The van der Waals surface area contributed by atoms with Gasteiger partial charge >= 0.3 is 103 Å². The van der Waals surface area contributed by atoms with Crippen LogP contribution in [0.1, 0.15) is 7.43 Å². The fourth-order valence-corrected chi connectivity index (χ4v) is 0. The van der Waals surface area contributed by atoms with Crippen molar-refractivity contribution in [2.24, 2.45) is 0 Å². The molecule has 0 radical (unpaired) electrons. The van der Waals surface area contributed by atoms with Crippen molar-refractivity contribution in [1.82, 2.24) is 0 Å². The molecule has 0 saturated carbocycles. The van der Waals surface area contributed by atoms with Gasteiger partial charge in [-0.2, -0.15) is 0 Å². The monoisotopic (exact) mass is 156 g/mol. The standard InChI is InChI=1S/CH4.2CH3.2K.2H2N/h1H4;2*1H3;;;2*1H2/q;2*-1;2*+1;2*-1. The maximum atomic E-state index is 0. The minimum Gasteiger partial charge on any atom is -0.693 e. The Labute approximate surface area is 134 Å². The van der Waals surface area contributed by atoms with Crippen molar-refractivity contribution in [3.63, 3.8) is 0 Å². The summed E-state index contributed by atoms with van der Waals surface area (Å²) in [6.07, 6.45) is 0. The summed E-state index contributed by atoms with van der Waals surface area (Å²) in [4.78, 5) is 0. The van der Waals surface area contributed by atoms with Crippen molar-refractivity contribution in [2.45, 2.75) is 7.43 Å². The average Bonchev–Trinajstić information content (AvgIpc) is 0. The first kappa shape index (κ1) is 84.5. The maximum Gasteiger partial charge on any atom is 1.00 e. The van der Waals surface area contributed by atoms with Crippen LogP contribution in [-0.4, -0.2) is 0 Å². The summed E-state index contributed by atoms with van der Waals surface area (Å²) in [5, 5.41) is 0. The molecule has 0 aliphatic carbocycles. The van der Waals surface area contributed by atoms with Crippen LogP contribution in [0.3, 0.4) is 0 Å². The minimum atomic E-state index is 0. The van der Waals surface area contributed by atoms with E-state index in [-0.39, 0.29) is 137 Å². The van der Waals surface area contributed by atoms with Crippen LogP contribution in [0.2, 0.25) is 0 Å². The van der Waals surface area contributed by atoms with Gasteiger partial charge < -0.3 is 27.2 Å². The van der Waals surface area contributed by atoms with E-state index in [1.54, 1.807) is 0 Å². The molecule has 0 bridgehead atoms. The molecular formula is C3H14K2N2-2. The zero-order chi connectivity index (χ0) is 0. The molecule has 0 heterocycles. The van der Waals surface area contributed by atoms with E-state index >= 15 is 0 Å². The molecule has 0 aliphatic heterocycles. The van der Waals surface area contributed by atoms with Gasteiger partial charge in [-0.25, -0.2) is 0 Å². The third-order valence-electron chi connectivity index (χ3n) is 0. The van der Waals surface area contributed by atoms with Gasteiger partial charge in [0.2, 0.25) is 0 Å². The Morgan fingerprint density at radius 2 is 0.571 bits per heavy atom. The SMILES string of the molecule is C.[CH3-].[CH3-].[K+].[K+].[NH2-].[NH2-]. The van der Waals surface area contributed by atoms with Crippen molar-refractivity contribution in [3.05, 3.63) is 27.2 Å². The normalized spacial score (nSPS) is 0. The van der Waals surface area contributed by atoms with E-state index < -0.39 is 0 Å². The first-order valence-corrected chi connectivity index (χ1v) is 0. The Morgan fingerprint density at radius 1 is 0.571 bits per heavy atom. The van der Waals surface area contributed by atoms with Gasteiger partial charge in [0.05, 0.1) is 0 Å². The third-order valence-corrected chi connectivity index (χ3v) is 0. The van der Waals surface area contributed by atoms with Crippen LogP contribution < -0.4 is 103 Å². The van der Waals surface area contributed by atoms with Crippen molar-refractivity contribution in [2.75, 3.05) is 0 Å². The Balaban J connectivity index is 0. The topological polar surface area (TPSA) is 67.0 Å². The molecule has 0 aromatic carbocycles. The van der Waals surface area contributed by atoms with Gasteiger partial charge in [-0.15, -0.1) is 0 Å². The molecule has 0 atom stereocenters. The Morgan fingerprint density at radius 3 is 0.571 bits per heavy atom. The summed E-state index contributed by atoms with van der Waals surface area (Å²) >= 11 is 0. The second kappa shape index (κ2) is 60.5. The van der Waals surface area contributed by atoms with E-state index in [2.05, 4.69) is 0 Å². The molecule has 4 heteroatoms.